The van der Waals surface area contributed by atoms with E-state index < -0.39 is 0 Å². The highest BCUT2D eigenvalue weighted by Gasteiger charge is 2.23. The van der Waals surface area contributed by atoms with Crippen molar-refractivity contribution < 1.29 is 0 Å². The van der Waals surface area contributed by atoms with Crippen molar-refractivity contribution >= 4 is 21.6 Å². The van der Waals surface area contributed by atoms with Gasteiger partial charge in [0.1, 0.15) is 0 Å². The number of benzene rings is 2. The van der Waals surface area contributed by atoms with Gasteiger partial charge in [-0.3, -0.25) is 0 Å². The van der Waals surface area contributed by atoms with Gasteiger partial charge in [0.05, 0.1) is 17.7 Å². The zero-order valence-electron chi connectivity index (χ0n) is 10.4. The lowest BCUT2D eigenvalue weighted by Gasteiger charge is -2.16. The molecule has 0 radical (unpaired) electrons. The molecule has 0 saturated carbocycles. The average molecular weight is 313 g/mol. The Morgan fingerprint density at radius 2 is 2.05 bits per heavy atom. The first-order chi connectivity index (χ1) is 9.28. The minimum Gasteiger partial charge on any atom is -0.378 e. The minimum atomic E-state index is 0.335. The molecule has 0 fully saturated rings. The third kappa shape index (κ3) is 2.36. The molecular formula is C16H13BrN2. The van der Waals surface area contributed by atoms with Crippen LogP contribution < -0.4 is 5.32 Å². The molecule has 1 aliphatic carbocycles. The molecule has 1 unspecified atom stereocenters. The molecule has 1 N–H and O–H groups in total. The van der Waals surface area contributed by atoms with Crippen LogP contribution in [0.1, 0.15) is 29.2 Å². The van der Waals surface area contributed by atoms with E-state index in [1.807, 2.05) is 24.3 Å². The van der Waals surface area contributed by atoms with E-state index >= 15 is 0 Å². The number of hydrogen-bond acceptors (Lipinski definition) is 2. The molecule has 3 rings (SSSR count). The molecule has 0 heterocycles. The molecule has 0 saturated heterocycles. The first-order valence-electron chi connectivity index (χ1n) is 6.32. The summed E-state index contributed by atoms with van der Waals surface area (Å²) < 4.78 is 1.19. The standard InChI is InChI=1S/C16H13BrN2/c17-15-6-2-5-14-13(15)7-8-16(14)19-12-4-1-3-11(9-12)10-18/h1-6,9,16,19H,7-8H2. The molecule has 0 bridgehead atoms. The maximum atomic E-state index is 8.93. The minimum absolute atomic E-state index is 0.335. The first kappa shape index (κ1) is 12.3. The predicted octanol–water partition coefficient (Wildman–Crippen LogP) is 4.42. The Labute approximate surface area is 121 Å². The summed E-state index contributed by atoms with van der Waals surface area (Å²) in [5.74, 6) is 0. The van der Waals surface area contributed by atoms with Crippen molar-refractivity contribution in [2.24, 2.45) is 0 Å². The highest BCUT2D eigenvalue weighted by Crippen LogP contribution is 2.37. The fraction of sp³-hybridized carbons (Fsp3) is 0.188. The summed E-state index contributed by atoms with van der Waals surface area (Å²) in [6.07, 6.45) is 2.18. The molecule has 2 nitrogen and oxygen atoms in total. The smallest absolute Gasteiger partial charge is 0.0992 e. The van der Waals surface area contributed by atoms with E-state index in [0.717, 1.165) is 18.5 Å². The SMILES string of the molecule is N#Cc1cccc(NC2CCc3c(Br)cccc32)c1. The zero-order valence-corrected chi connectivity index (χ0v) is 11.9. The maximum absolute atomic E-state index is 8.93. The van der Waals surface area contributed by atoms with Gasteiger partial charge < -0.3 is 5.32 Å². The Hall–Kier alpha value is -1.79. The number of nitriles is 1. The van der Waals surface area contributed by atoms with Crippen LogP contribution in [0.3, 0.4) is 0 Å². The van der Waals surface area contributed by atoms with E-state index in [9.17, 15) is 0 Å². The lowest BCUT2D eigenvalue weighted by atomic mass is 10.1. The molecule has 2 aromatic rings. The van der Waals surface area contributed by atoms with E-state index in [-0.39, 0.29) is 0 Å². The lowest BCUT2D eigenvalue weighted by molar-refractivity contribution is 0.762. The summed E-state index contributed by atoms with van der Waals surface area (Å²) in [7, 11) is 0. The lowest BCUT2D eigenvalue weighted by Crippen LogP contribution is -2.07. The molecule has 1 atom stereocenters. The Morgan fingerprint density at radius 1 is 1.21 bits per heavy atom. The summed E-state index contributed by atoms with van der Waals surface area (Å²) >= 11 is 3.61. The summed E-state index contributed by atoms with van der Waals surface area (Å²) in [5, 5.41) is 12.5. The van der Waals surface area contributed by atoms with E-state index in [2.05, 4.69) is 45.5 Å². The summed E-state index contributed by atoms with van der Waals surface area (Å²) in [5.41, 5.74) is 4.46. The zero-order chi connectivity index (χ0) is 13.2. The Balaban J connectivity index is 1.87. The quantitative estimate of drug-likeness (QED) is 0.891. The van der Waals surface area contributed by atoms with Gasteiger partial charge in [-0.05, 0) is 48.2 Å². The van der Waals surface area contributed by atoms with Crippen LogP contribution in [-0.2, 0) is 6.42 Å². The third-order valence-corrected chi connectivity index (χ3v) is 4.29. The summed E-state index contributed by atoms with van der Waals surface area (Å²) in [6.45, 7) is 0. The second-order valence-electron chi connectivity index (χ2n) is 4.74. The second kappa shape index (κ2) is 5.07. The molecule has 0 aliphatic heterocycles. The number of hydrogen-bond donors (Lipinski definition) is 1. The number of nitrogens with one attached hydrogen (secondary N) is 1. The van der Waals surface area contributed by atoms with Crippen LogP contribution >= 0.6 is 15.9 Å². The fourth-order valence-corrected chi connectivity index (χ4v) is 3.22. The van der Waals surface area contributed by atoms with Gasteiger partial charge in [0.2, 0.25) is 0 Å². The van der Waals surface area contributed by atoms with Crippen molar-refractivity contribution in [3.05, 3.63) is 63.6 Å². The molecule has 1 aliphatic rings. The number of fused-ring (bicyclic) bond motifs is 1. The van der Waals surface area contributed by atoms with Crippen LogP contribution in [0.4, 0.5) is 5.69 Å². The van der Waals surface area contributed by atoms with Gasteiger partial charge in [0, 0.05) is 10.2 Å². The molecule has 19 heavy (non-hydrogen) atoms. The highest BCUT2D eigenvalue weighted by molar-refractivity contribution is 9.10. The molecule has 3 heteroatoms. The third-order valence-electron chi connectivity index (χ3n) is 3.55. The molecule has 2 aromatic carbocycles. The number of halogens is 1. The van der Waals surface area contributed by atoms with E-state index in [1.54, 1.807) is 0 Å². The van der Waals surface area contributed by atoms with Crippen molar-refractivity contribution in [3.8, 4) is 6.07 Å². The van der Waals surface area contributed by atoms with Crippen LogP contribution in [0.15, 0.2) is 46.9 Å². The van der Waals surface area contributed by atoms with Gasteiger partial charge in [0.15, 0.2) is 0 Å². The van der Waals surface area contributed by atoms with E-state index in [1.165, 1.54) is 15.6 Å². The van der Waals surface area contributed by atoms with Crippen LogP contribution in [0.5, 0.6) is 0 Å². The molecule has 94 valence electrons. The van der Waals surface area contributed by atoms with Crippen LogP contribution in [0, 0.1) is 11.3 Å². The van der Waals surface area contributed by atoms with Gasteiger partial charge >= 0.3 is 0 Å². The first-order valence-corrected chi connectivity index (χ1v) is 7.11. The topological polar surface area (TPSA) is 35.8 Å². The summed E-state index contributed by atoms with van der Waals surface area (Å²) in [6, 6.07) is 16.5. The monoisotopic (exact) mass is 312 g/mol. The number of rotatable bonds is 2. The largest absolute Gasteiger partial charge is 0.378 e. The van der Waals surface area contributed by atoms with Crippen molar-refractivity contribution in [2.75, 3.05) is 5.32 Å². The Morgan fingerprint density at radius 3 is 2.89 bits per heavy atom. The van der Waals surface area contributed by atoms with Crippen molar-refractivity contribution in [3.63, 3.8) is 0 Å². The fourth-order valence-electron chi connectivity index (χ4n) is 2.64. The van der Waals surface area contributed by atoms with Crippen LogP contribution in [0.25, 0.3) is 0 Å². The van der Waals surface area contributed by atoms with Crippen LogP contribution in [0.2, 0.25) is 0 Å². The van der Waals surface area contributed by atoms with Gasteiger partial charge in [0.25, 0.3) is 0 Å². The predicted molar refractivity (Wildman–Crippen MR) is 80.0 cm³/mol. The van der Waals surface area contributed by atoms with E-state index in [0.29, 0.717) is 11.6 Å². The molecule has 0 spiro atoms. The van der Waals surface area contributed by atoms with Gasteiger partial charge in [-0.2, -0.15) is 5.26 Å². The normalized spacial score (nSPS) is 16.7. The van der Waals surface area contributed by atoms with Gasteiger partial charge in [-0.1, -0.05) is 34.1 Å². The van der Waals surface area contributed by atoms with Crippen molar-refractivity contribution in [2.45, 2.75) is 18.9 Å². The van der Waals surface area contributed by atoms with Crippen LogP contribution in [-0.4, -0.2) is 0 Å². The van der Waals surface area contributed by atoms with Crippen molar-refractivity contribution in [1.82, 2.24) is 0 Å². The highest BCUT2D eigenvalue weighted by atomic mass is 79.9. The molecule has 0 amide bonds. The maximum Gasteiger partial charge on any atom is 0.0992 e. The number of anilines is 1. The Kier molecular flexibility index (Phi) is 3.27. The van der Waals surface area contributed by atoms with Gasteiger partial charge in [-0.25, -0.2) is 0 Å². The Bertz CT molecular complexity index is 658. The molecular weight excluding hydrogens is 300 g/mol. The van der Waals surface area contributed by atoms with Gasteiger partial charge in [-0.15, -0.1) is 0 Å². The number of nitrogens with zero attached hydrogens (tertiary/aromatic N) is 1. The summed E-state index contributed by atoms with van der Waals surface area (Å²) in [4.78, 5) is 0. The van der Waals surface area contributed by atoms with E-state index in [4.69, 9.17) is 5.26 Å². The molecule has 0 aromatic heterocycles. The van der Waals surface area contributed by atoms with Crippen molar-refractivity contribution in [1.29, 1.82) is 5.26 Å². The second-order valence-corrected chi connectivity index (χ2v) is 5.59. The average Bonchev–Trinajstić information content (AvgIpc) is 2.84.